The third kappa shape index (κ3) is 5.72. The quantitative estimate of drug-likeness (QED) is 0.304. The van der Waals surface area contributed by atoms with Crippen LogP contribution in [0.2, 0.25) is 5.02 Å². The Balaban J connectivity index is 1.65. The minimum absolute atomic E-state index is 0.275. The topological polar surface area (TPSA) is 93.4 Å². The van der Waals surface area contributed by atoms with Crippen LogP contribution in [0.25, 0.3) is 0 Å². The molecule has 2 aliphatic heterocycles. The van der Waals surface area contributed by atoms with Crippen LogP contribution in [-0.2, 0) is 17.6 Å². The van der Waals surface area contributed by atoms with E-state index in [2.05, 4.69) is 23.3 Å². The number of benzene rings is 2. The van der Waals surface area contributed by atoms with Gasteiger partial charge in [0.1, 0.15) is 18.4 Å². The Labute approximate surface area is 204 Å². The first-order chi connectivity index (χ1) is 15.9. The monoisotopic (exact) mass is 485 g/mol. The fraction of sp³-hybridized carbons (Fsp3) is 0.360. The van der Waals surface area contributed by atoms with Crippen molar-refractivity contribution in [3.63, 3.8) is 0 Å². The number of aryl methyl sites for hydroxylation is 1. The van der Waals surface area contributed by atoms with Gasteiger partial charge in [-0.1, -0.05) is 48.0 Å². The van der Waals surface area contributed by atoms with Gasteiger partial charge in [-0.3, -0.25) is 9.59 Å². The first-order valence-electron chi connectivity index (χ1n) is 11.1. The zero-order valence-electron chi connectivity index (χ0n) is 18.2. The van der Waals surface area contributed by atoms with Gasteiger partial charge in [-0.25, -0.2) is 0 Å². The Hall–Kier alpha value is -2.48. The summed E-state index contributed by atoms with van der Waals surface area (Å²) in [6.07, 6.45) is 7.22. The van der Waals surface area contributed by atoms with Crippen molar-refractivity contribution in [1.82, 2.24) is 10.6 Å². The number of ether oxygens (including phenoxy) is 1. The highest BCUT2D eigenvalue weighted by atomic mass is 35.5. The van der Waals surface area contributed by atoms with Gasteiger partial charge in [0, 0.05) is 12.0 Å². The van der Waals surface area contributed by atoms with Crippen molar-refractivity contribution >= 4 is 36.0 Å². The van der Waals surface area contributed by atoms with Crippen LogP contribution in [0.1, 0.15) is 40.7 Å². The van der Waals surface area contributed by atoms with E-state index in [0.717, 1.165) is 30.4 Å². The molecule has 5 rings (SSSR count). The number of amides is 2. The zero-order chi connectivity index (χ0) is 23.4. The third-order valence-corrected chi connectivity index (χ3v) is 6.92. The lowest BCUT2D eigenvalue weighted by molar-refractivity contribution is -0.123. The number of thiol groups is 1. The summed E-state index contributed by atoms with van der Waals surface area (Å²) >= 11 is 10.7. The Morgan fingerprint density at radius 3 is 2.76 bits per heavy atom. The van der Waals surface area contributed by atoms with Crippen LogP contribution in [0.3, 0.4) is 0 Å². The van der Waals surface area contributed by atoms with E-state index in [9.17, 15) is 9.59 Å². The van der Waals surface area contributed by atoms with Gasteiger partial charge in [0.05, 0.1) is 15.9 Å². The predicted octanol–water partition coefficient (Wildman–Crippen LogP) is 3.43. The average Bonchev–Trinajstić information content (AvgIpc) is 3.57. The molecule has 1 fully saturated rings. The summed E-state index contributed by atoms with van der Waals surface area (Å²) in [5.74, 6) is 0.00162. The standard InChI is InChI=1S/C25H28ClN3O3S/c26-19-14-16-9-10-21(19)32-13-5-1-2-6-17-7-3-4-8-18(17)22(30)28-20(15-16)23(31)29-25(11-12-25)24(27)33/h1,3-5,7-10,14,20,24,33H,2,6,11-13,15,27H2,(H,28,30)(H,29,31)/b5-1+/t20-,24?/m0/s1. The second kappa shape index (κ2) is 10.2. The number of carbonyl (C=O) groups is 2. The predicted molar refractivity (Wildman–Crippen MR) is 133 cm³/mol. The smallest absolute Gasteiger partial charge is 0.252 e. The molecule has 6 nitrogen and oxygen atoms in total. The highest BCUT2D eigenvalue weighted by molar-refractivity contribution is 7.81. The molecule has 2 atom stereocenters. The second-order valence-corrected chi connectivity index (χ2v) is 9.53. The molecule has 2 bridgehead atoms. The van der Waals surface area contributed by atoms with Gasteiger partial charge in [0.2, 0.25) is 5.91 Å². The maximum Gasteiger partial charge on any atom is 0.252 e. The van der Waals surface area contributed by atoms with Crippen molar-refractivity contribution < 1.29 is 14.3 Å². The van der Waals surface area contributed by atoms with E-state index in [1.165, 1.54) is 0 Å². The summed E-state index contributed by atoms with van der Waals surface area (Å²) < 4.78 is 5.76. The molecule has 0 radical (unpaired) electrons. The zero-order valence-corrected chi connectivity index (χ0v) is 19.9. The number of nitrogens with two attached hydrogens (primary N) is 1. The molecule has 174 valence electrons. The Morgan fingerprint density at radius 2 is 2.03 bits per heavy atom. The van der Waals surface area contributed by atoms with E-state index in [1.54, 1.807) is 18.2 Å². The SMILES string of the molecule is NC(S)C1(NC(=O)[C@@H]2Cc3ccc(c(Cl)c3)OC/C=C/CCc3ccccc3C(=O)N2)CC1. The molecule has 3 aliphatic rings. The van der Waals surface area contributed by atoms with Gasteiger partial charge in [-0.2, -0.15) is 12.6 Å². The van der Waals surface area contributed by atoms with E-state index in [4.69, 9.17) is 22.1 Å². The number of fused-ring (bicyclic) bond motifs is 9. The van der Waals surface area contributed by atoms with Crippen LogP contribution in [0.5, 0.6) is 5.75 Å². The molecule has 33 heavy (non-hydrogen) atoms. The molecular formula is C25H28ClN3O3S. The Morgan fingerprint density at radius 1 is 1.24 bits per heavy atom. The summed E-state index contributed by atoms with van der Waals surface area (Å²) in [6.45, 7) is 0.401. The van der Waals surface area contributed by atoms with Gasteiger partial charge < -0.3 is 21.1 Å². The van der Waals surface area contributed by atoms with Crippen LogP contribution in [0.4, 0.5) is 0 Å². The summed E-state index contributed by atoms with van der Waals surface area (Å²) in [6, 6.07) is 12.1. The third-order valence-electron chi connectivity index (χ3n) is 6.13. The molecule has 2 heterocycles. The summed E-state index contributed by atoms with van der Waals surface area (Å²) in [7, 11) is 0. The fourth-order valence-corrected chi connectivity index (χ4v) is 4.53. The van der Waals surface area contributed by atoms with Crippen molar-refractivity contribution in [2.75, 3.05) is 6.61 Å². The van der Waals surface area contributed by atoms with Crippen molar-refractivity contribution in [3.8, 4) is 5.75 Å². The highest BCUT2D eigenvalue weighted by Gasteiger charge is 2.48. The van der Waals surface area contributed by atoms with E-state index in [1.807, 2.05) is 36.4 Å². The van der Waals surface area contributed by atoms with E-state index in [-0.39, 0.29) is 18.2 Å². The van der Waals surface area contributed by atoms with Crippen LogP contribution in [0, 0.1) is 0 Å². The lowest BCUT2D eigenvalue weighted by Crippen LogP contribution is -2.55. The lowest BCUT2D eigenvalue weighted by atomic mass is 10.00. The Bertz CT molecular complexity index is 1070. The van der Waals surface area contributed by atoms with Gasteiger partial charge in [0.15, 0.2) is 0 Å². The maximum atomic E-state index is 13.3. The number of rotatable bonds is 3. The summed E-state index contributed by atoms with van der Waals surface area (Å²) in [5, 5.41) is 5.95. The van der Waals surface area contributed by atoms with E-state index < -0.39 is 17.0 Å². The van der Waals surface area contributed by atoms with Crippen LogP contribution < -0.4 is 21.1 Å². The van der Waals surface area contributed by atoms with E-state index in [0.29, 0.717) is 29.4 Å². The second-order valence-electron chi connectivity index (χ2n) is 8.56. The van der Waals surface area contributed by atoms with Gasteiger partial charge in [0.25, 0.3) is 5.91 Å². The molecule has 0 saturated heterocycles. The van der Waals surface area contributed by atoms with Crippen LogP contribution >= 0.6 is 24.2 Å². The molecule has 2 amide bonds. The fourth-order valence-electron chi connectivity index (χ4n) is 3.95. The molecule has 0 spiro atoms. The number of carbonyl (C=O) groups excluding carboxylic acids is 2. The minimum atomic E-state index is -0.800. The molecule has 8 heteroatoms. The lowest BCUT2D eigenvalue weighted by Gasteiger charge is -2.25. The van der Waals surface area contributed by atoms with Gasteiger partial charge >= 0.3 is 0 Å². The van der Waals surface area contributed by atoms with Crippen LogP contribution in [0.15, 0.2) is 54.6 Å². The normalized spacial score (nSPS) is 21.8. The first-order valence-corrected chi connectivity index (χ1v) is 12.0. The molecule has 0 aromatic heterocycles. The molecule has 1 saturated carbocycles. The number of nitrogens with one attached hydrogen (secondary N) is 2. The molecular weight excluding hydrogens is 458 g/mol. The van der Waals surface area contributed by atoms with Crippen molar-refractivity contribution in [3.05, 3.63) is 76.3 Å². The highest BCUT2D eigenvalue weighted by Crippen LogP contribution is 2.39. The average molecular weight is 486 g/mol. The van der Waals surface area contributed by atoms with Gasteiger partial charge in [-0.15, -0.1) is 0 Å². The molecule has 2 aromatic carbocycles. The van der Waals surface area contributed by atoms with Crippen molar-refractivity contribution in [2.45, 2.75) is 49.1 Å². The van der Waals surface area contributed by atoms with E-state index >= 15 is 0 Å². The number of halogens is 1. The molecule has 2 aromatic rings. The molecule has 1 aliphatic carbocycles. The van der Waals surface area contributed by atoms with Crippen molar-refractivity contribution in [1.29, 1.82) is 0 Å². The van der Waals surface area contributed by atoms with Crippen molar-refractivity contribution in [2.24, 2.45) is 5.73 Å². The number of hydrogen-bond acceptors (Lipinski definition) is 5. The molecule has 1 unspecified atom stereocenters. The number of allylic oxidation sites excluding steroid dienone is 1. The molecule has 4 N–H and O–H groups in total. The summed E-state index contributed by atoms with van der Waals surface area (Å²) in [5.41, 5.74) is 7.74. The number of hydrogen-bond donors (Lipinski definition) is 4. The first kappa shape index (κ1) is 23.7. The summed E-state index contributed by atoms with van der Waals surface area (Å²) in [4.78, 5) is 26.5. The Kier molecular flexibility index (Phi) is 7.32. The minimum Gasteiger partial charge on any atom is -0.488 e. The van der Waals surface area contributed by atoms with Gasteiger partial charge in [-0.05, 0) is 55.0 Å². The maximum absolute atomic E-state index is 13.3. The largest absolute Gasteiger partial charge is 0.488 e. The van der Waals surface area contributed by atoms with Crippen LogP contribution in [-0.4, -0.2) is 35.4 Å².